The van der Waals surface area contributed by atoms with Crippen LogP contribution in [0.25, 0.3) is 10.9 Å². The second-order valence-corrected chi connectivity index (χ2v) is 8.58. The maximum Gasteiger partial charge on any atom is 0.296 e. The van der Waals surface area contributed by atoms with Crippen LogP contribution < -0.4 is 15.4 Å². The third-order valence-electron chi connectivity index (χ3n) is 5.85. The number of aromatic amines is 1. The summed E-state index contributed by atoms with van der Waals surface area (Å²) in [5, 5.41) is 4.29. The van der Waals surface area contributed by atoms with Crippen LogP contribution in [0.1, 0.15) is 42.9 Å². The van der Waals surface area contributed by atoms with Crippen LogP contribution in [-0.4, -0.2) is 38.4 Å². The first-order chi connectivity index (χ1) is 17.0. The molecule has 0 fully saturated rings. The van der Waals surface area contributed by atoms with Gasteiger partial charge in [0.05, 0.1) is 21.1 Å². The number of fused-ring (bicyclic) bond motifs is 1. The molecular formula is C26H33F2N2O4P. The number of alkyl halides is 2. The Bertz CT molecular complexity index is 1110. The highest BCUT2D eigenvalue weighted by molar-refractivity contribution is 7.10. The Kier molecular flexibility index (Phi) is 10.6. The van der Waals surface area contributed by atoms with Gasteiger partial charge < -0.3 is 24.3 Å². The summed E-state index contributed by atoms with van der Waals surface area (Å²) in [6, 6.07) is 14.8. The Hall–Kier alpha value is -2.38. The number of H-pyrrole nitrogens is 1. The molecule has 190 valence electrons. The Morgan fingerprint density at radius 1 is 1.03 bits per heavy atom. The van der Waals surface area contributed by atoms with E-state index in [1.165, 1.54) is 18.2 Å². The van der Waals surface area contributed by atoms with E-state index in [0.717, 1.165) is 43.2 Å². The van der Waals surface area contributed by atoms with E-state index in [1.807, 2.05) is 12.1 Å². The van der Waals surface area contributed by atoms with Gasteiger partial charge in [-0.25, -0.2) is 0 Å². The summed E-state index contributed by atoms with van der Waals surface area (Å²) in [6.45, 7) is 1.16. The molecule has 35 heavy (non-hydrogen) atoms. The van der Waals surface area contributed by atoms with Crippen molar-refractivity contribution in [3.05, 3.63) is 76.1 Å². The fraction of sp³-hybridized carbons (Fsp3) is 0.423. The number of halogens is 2. The number of hydrogen-bond donors (Lipinski definition) is 2. The number of nitrogens with one attached hydrogen (secondary N) is 2. The van der Waals surface area contributed by atoms with Gasteiger partial charge in [0.2, 0.25) is 5.56 Å². The molecule has 0 radical (unpaired) electrons. The van der Waals surface area contributed by atoms with Gasteiger partial charge in [0, 0.05) is 37.3 Å². The van der Waals surface area contributed by atoms with Crippen molar-refractivity contribution in [2.45, 2.75) is 37.7 Å². The molecule has 0 amide bonds. The summed E-state index contributed by atoms with van der Waals surface area (Å²) in [5.74, 6) is -2.39. The monoisotopic (exact) mass is 506 g/mol. The van der Waals surface area contributed by atoms with Gasteiger partial charge in [0.15, 0.2) is 0 Å². The third-order valence-corrected chi connectivity index (χ3v) is 6.10. The zero-order valence-corrected chi connectivity index (χ0v) is 21.1. The highest BCUT2D eigenvalue weighted by Gasteiger charge is 2.31. The zero-order valence-electron chi connectivity index (χ0n) is 19.9. The molecule has 9 heteroatoms. The molecule has 6 nitrogen and oxygen atoms in total. The lowest BCUT2D eigenvalue weighted by Gasteiger charge is -2.19. The molecular weight excluding hydrogens is 473 g/mol. The normalized spacial score (nSPS) is 12.7. The van der Waals surface area contributed by atoms with E-state index in [4.69, 9.17) is 14.0 Å². The summed E-state index contributed by atoms with van der Waals surface area (Å²) in [4.78, 5) is 14.6. The molecule has 0 aliphatic heterocycles. The molecule has 1 aromatic heterocycles. The van der Waals surface area contributed by atoms with E-state index < -0.39 is 12.5 Å². The van der Waals surface area contributed by atoms with Gasteiger partial charge in [-0.05, 0) is 37.1 Å². The van der Waals surface area contributed by atoms with Gasteiger partial charge in [-0.3, -0.25) is 4.79 Å². The third kappa shape index (κ3) is 7.80. The maximum atomic E-state index is 14.1. The van der Waals surface area contributed by atoms with Crippen LogP contribution in [0.3, 0.4) is 0 Å². The number of aromatic nitrogens is 1. The number of rotatable bonds is 15. The molecule has 0 bridgehead atoms. The topological polar surface area (TPSA) is 72.6 Å². The summed E-state index contributed by atoms with van der Waals surface area (Å²) in [5.41, 5.74) is 1.38. The average molecular weight is 507 g/mol. The van der Waals surface area contributed by atoms with Crippen molar-refractivity contribution in [3.8, 4) is 5.75 Å². The summed E-state index contributed by atoms with van der Waals surface area (Å²) in [6.07, 6.45) is 3.42. The minimum absolute atomic E-state index is 0.0182. The fourth-order valence-electron chi connectivity index (χ4n) is 3.95. The van der Waals surface area contributed by atoms with E-state index in [2.05, 4.69) is 19.8 Å². The first-order valence-electron chi connectivity index (χ1n) is 11.7. The first kappa shape index (κ1) is 27.2. The standard InChI is InChI=1S/C26H33F2N2O4P/c1-32-23(20-11-13-22(34-35)25-21(20)12-14-24(31)30-25)17-29-15-7-2-3-8-16-33-18-26(27,28)19-9-5-4-6-10-19/h4-6,9-14,23,29H,2-3,7-8,15-18,35H2,1H3,(H,30,31). The lowest BCUT2D eigenvalue weighted by atomic mass is 10.0. The molecule has 0 aliphatic rings. The molecule has 0 saturated carbocycles. The van der Waals surface area contributed by atoms with Gasteiger partial charge in [-0.1, -0.05) is 49.2 Å². The number of ether oxygens (including phenoxy) is 2. The Balaban J connectivity index is 1.35. The molecule has 2 atom stereocenters. The molecule has 2 aromatic carbocycles. The van der Waals surface area contributed by atoms with Gasteiger partial charge in [0.1, 0.15) is 12.4 Å². The Labute approximate surface area is 206 Å². The van der Waals surface area contributed by atoms with Crippen molar-refractivity contribution >= 4 is 20.4 Å². The molecule has 2 unspecified atom stereocenters. The molecule has 0 aliphatic carbocycles. The van der Waals surface area contributed by atoms with E-state index in [0.29, 0.717) is 24.4 Å². The van der Waals surface area contributed by atoms with E-state index >= 15 is 0 Å². The molecule has 3 aromatic rings. The number of pyridine rings is 1. The van der Waals surface area contributed by atoms with Crippen molar-refractivity contribution < 1.29 is 22.8 Å². The highest BCUT2D eigenvalue weighted by atomic mass is 31.0. The lowest BCUT2D eigenvalue weighted by molar-refractivity contribution is -0.0831. The van der Waals surface area contributed by atoms with Crippen LogP contribution in [0, 0.1) is 0 Å². The van der Waals surface area contributed by atoms with Gasteiger partial charge >= 0.3 is 0 Å². The van der Waals surface area contributed by atoms with E-state index in [-0.39, 0.29) is 17.2 Å². The Morgan fingerprint density at radius 2 is 1.80 bits per heavy atom. The summed E-state index contributed by atoms with van der Waals surface area (Å²) >= 11 is 0. The highest BCUT2D eigenvalue weighted by Crippen LogP contribution is 2.31. The van der Waals surface area contributed by atoms with Crippen molar-refractivity contribution in [1.82, 2.24) is 10.3 Å². The second-order valence-electron chi connectivity index (χ2n) is 8.35. The van der Waals surface area contributed by atoms with Crippen LogP contribution in [0.5, 0.6) is 5.75 Å². The molecule has 0 spiro atoms. The van der Waals surface area contributed by atoms with Crippen molar-refractivity contribution in [1.29, 1.82) is 0 Å². The quantitative estimate of drug-likeness (QED) is 0.215. The summed E-state index contributed by atoms with van der Waals surface area (Å²) in [7, 11) is 3.85. The zero-order chi connectivity index (χ0) is 25.1. The molecule has 3 rings (SSSR count). The van der Waals surface area contributed by atoms with Crippen LogP contribution in [0.4, 0.5) is 8.78 Å². The van der Waals surface area contributed by atoms with Crippen LogP contribution in [0.2, 0.25) is 0 Å². The van der Waals surface area contributed by atoms with Crippen molar-refractivity contribution in [2.24, 2.45) is 0 Å². The van der Waals surface area contributed by atoms with Crippen LogP contribution in [0.15, 0.2) is 59.4 Å². The van der Waals surface area contributed by atoms with Crippen LogP contribution in [-0.2, 0) is 15.4 Å². The predicted molar refractivity (Wildman–Crippen MR) is 137 cm³/mol. The SMILES string of the molecule is COC(CNCCCCCCOCC(F)(F)c1ccccc1)c1ccc(OP)c2[nH]c(=O)ccc12. The molecule has 0 saturated heterocycles. The van der Waals surface area contributed by atoms with Crippen molar-refractivity contribution in [2.75, 3.05) is 33.4 Å². The largest absolute Gasteiger partial charge is 0.478 e. The number of unbranched alkanes of at least 4 members (excludes halogenated alkanes) is 3. The maximum absolute atomic E-state index is 14.1. The number of hydrogen-bond acceptors (Lipinski definition) is 5. The van der Waals surface area contributed by atoms with Crippen molar-refractivity contribution in [3.63, 3.8) is 0 Å². The predicted octanol–water partition coefficient (Wildman–Crippen LogP) is 5.34. The smallest absolute Gasteiger partial charge is 0.296 e. The average Bonchev–Trinajstić information content (AvgIpc) is 2.87. The number of benzene rings is 2. The minimum Gasteiger partial charge on any atom is -0.478 e. The Morgan fingerprint density at radius 3 is 2.54 bits per heavy atom. The van der Waals surface area contributed by atoms with E-state index in [1.54, 1.807) is 31.4 Å². The van der Waals surface area contributed by atoms with Gasteiger partial charge in [0.25, 0.3) is 5.92 Å². The van der Waals surface area contributed by atoms with E-state index in [9.17, 15) is 13.6 Å². The van der Waals surface area contributed by atoms with Gasteiger partial charge in [-0.2, -0.15) is 8.78 Å². The second kappa shape index (κ2) is 13.6. The summed E-state index contributed by atoms with van der Waals surface area (Å²) < 4.78 is 44.3. The fourth-order valence-corrected chi connectivity index (χ4v) is 4.15. The number of methoxy groups -OCH3 is 1. The molecule has 1 heterocycles. The minimum atomic E-state index is -2.97. The first-order valence-corrected chi connectivity index (χ1v) is 12.2. The molecule has 2 N–H and O–H groups in total. The lowest BCUT2D eigenvalue weighted by Crippen LogP contribution is -2.24. The van der Waals surface area contributed by atoms with Crippen LogP contribution >= 0.6 is 9.47 Å². The van der Waals surface area contributed by atoms with Gasteiger partial charge in [-0.15, -0.1) is 0 Å².